The number of hydrogen-bond donors (Lipinski definition) is 6. The molecule has 1 fully saturated rings. The molecule has 0 aromatic rings. The summed E-state index contributed by atoms with van der Waals surface area (Å²) in [6, 6.07) is -1.35. The fraction of sp³-hybridized carbons (Fsp3) is 0.857. The zero-order valence-electron chi connectivity index (χ0n) is 7.65. The van der Waals surface area contributed by atoms with Gasteiger partial charge in [-0.1, -0.05) is 0 Å². The van der Waals surface area contributed by atoms with Crippen LogP contribution in [0.2, 0.25) is 0 Å². The first kappa shape index (κ1) is 12.1. The molecule has 1 rings (SSSR count). The van der Waals surface area contributed by atoms with Crippen LogP contribution in [-0.4, -0.2) is 68.9 Å². The van der Waals surface area contributed by atoms with E-state index in [-0.39, 0.29) is 0 Å². The Morgan fingerprint density at radius 1 is 1.27 bits per heavy atom. The standard InChI is InChI=1S/C7H13NO7/c9-1-2-4(10)5(11)3(6(12)15-2)8-7(13)14/h2-6,8-12H,1H2,(H,13,14)/t2-,3-,4-,5-,6+/m1/s1. The molecule has 1 aliphatic heterocycles. The molecule has 0 unspecified atom stereocenters. The molecule has 88 valence electrons. The van der Waals surface area contributed by atoms with Gasteiger partial charge in [0.15, 0.2) is 6.29 Å². The van der Waals surface area contributed by atoms with Crippen LogP contribution < -0.4 is 5.32 Å². The smallest absolute Gasteiger partial charge is 0.405 e. The molecule has 8 nitrogen and oxygen atoms in total. The molecule has 0 spiro atoms. The van der Waals surface area contributed by atoms with Gasteiger partial charge in [-0.2, -0.15) is 0 Å². The molecule has 0 radical (unpaired) electrons. The van der Waals surface area contributed by atoms with Crippen molar-refractivity contribution in [2.75, 3.05) is 6.61 Å². The molecule has 1 amide bonds. The zero-order chi connectivity index (χ0) is 11.6. The number of aliphatic hydroxyl groups is 4. The number of carboxylic acid groups (broad SMARTS) is 1. The van der Waals surface area contributed by atoms with Crippen LogP contribution in [0.5, 0.6) is 0 Å². The molecular formula is C7H13NO7. The Labute approximate surface area is 84.7 Å². The molecule has 0 aromatic carbocycles. The van der Waals surface area contributed by atoms with Crippen molar-refractivity contribution >= 4 is 6.09 Å². The highest BCUT2D eigenvalue weighted by Gasteiger charge is 2.44. The first-order valence-electron chi connectivity index (χ1n) is 4.27. The number of aliphatic hydroxyl groups excluding tert-OH is 4. The largest absolute Gasteiger partial charge is 0.465 e. The van der Waals surface area contributed by atoms with E-state index in [0.717, 1.165) is 0 Å². The Morgan fingerprint density at radius 2 is 1.87 bits per heavy atom. The monoisotopic (exact) mass is 223 g/mol. The van der Waals surface area contributed by atoms with Crippen LogP contribution in [0, 0.1) is 0 Å². The highest BCUT2D eigenvalue weighted by molar-refractivity contribution is 5.65. The second-order valence-electron chi connectivity index (χ2n) is 3.20. The summed E-state index contributed by atoms with van der Waals surface area (Å²) in [5, 5.41) is 47.0. The van der Waals surface area contributed by atoms with Crippen LogP contribution in [0.1, 0.15) is 0 Å². The van der Waals surface area contributed by atoms with Crippen LogP contribution >= 0.6 is 0 Å². The van der Waals surface area contributed by atoms with Crippen molar-refractivity contribution in [3.8, 4) is 0 Å². The third-order valence-electron chi connectivity index (χ3n) is 2.19. The van der Waals surface area contributed by atoms with Crippen molar-refractivity contribution in [3.63, 3.8) is 0 Å². The summed E-state index contributed by atoms with van der Waals surface area (Å²) < 4.78 is 4.70. The van der Waals surface area contributed by atoms with Gasteiger partial charge >= 0.3 is 6.09 Å². The average Bonchev–Trinajstić information content (AvgIpc) is 2.18. The van der Waals surface area contributed by atoms with Gasteiger partial charge in [-0.15, -0.1) is 0 Å². The number of amides is 1. The van der Waals surface area contributed by atoms with Gasteiger partial charge in [-0.3, -0.25) is 0 Å². The highest BCUT2D eigenvalue weighted by Crippen LogP contribution is 2.19. The summed E-state index contributed by atoms with van der Waals surface area (Å²) in [5.41, 5.74) is 0. The minimum atomic E-state index is -1.61. The third-order valence-corrected chi connectivity index (χ3v) is 2.19. The number of carbonyl (C=O) groups is 1. The Hall–Kier alpha value is -0.930. The number of hydrogen-bond acceptors (Lipinski definition) is 6. The van der Waals surface area contributed by atoms with Gasteiger partial charge in [0.2, 0.25) is 0 Å². The fourth-order valence-corrected chi connectivity index (χ4v) is 1.40. The number of rotatable bonds is 2. The highest BCUT2D eigenvalue weighted by atomic mass is 16.6. The van der Waals surface area contributed by atoms with E-state index in [4.69, 9.17) is 14.9 Å². The van der Waals surface area contributed by atoms with E-state index < -0.39 is 43.3 Å². The maximum Gasteiger partial charge on any atom is 0.405 e. The van der Waals surface area contributed by atoms with Crippen molar-refractivity contribution in [2.24, 2.45) is 0 Å². The van der Waals surface area contributed by atoms with Crippen LogP contribution in [-0.2, 0) is 4.74 Å². The average molecular weight is 223 g/mol. The molecule has 1 saturated heterocycles. The molecule has 0 aliphatic carbocycles. The second-order valence-corrected chi connectivity index (χ2v) is 3.20. The van der Waals surface area contributed by atoms with E-state index in [0.29, 0.717) is 0 Å². The Bertz CT molecular complexity index is 235. The SMILES string of the molecule is O=C(O)N[C@@H]1[C@@H](O)[C@H](O)[C@@H](CO)O[C@@H]1O. The van der Waals surface area contributed by atoms with Crippen molar-refractivity contribution < 1.29 is 35.1 Å². The number of nitrogens with one attached hydrogen (secondary N) is 1. The molecule has 15 heavy (non-hydrogen) atoms. The lowest BCUT2D eigenvalue weighted by Crippen LogP contribution is -2.64. The van der Waals surface area contributed by atoms with Crippen LogP contribution in [0.25, 0.3) is 0 Å². The molecule has 6 N–H and O–H groups in total. The van der Waals surface area contributed by atoms with Crippen LogP contribution in [0.15, 0.2) is 0 Å². The molecular weight excluding hydrogens is 210 g/mol. The Kier molecular flexibility index (Phi) is 3.83. The predicted octanol–water partition coefficient (Wildman–Crippen LogP) is -2.95. The normalized spacial score (nSPS) is 41.2. The molecule has 8 heteroatoms. The lowest BCUT2D eigenvalue weighted by Gasteiger charge is -2.39. The summed E-state index contributed by atoms with van der Waals surface area (Å²) in [4.78, 5) is 10.3. The first-order chi connectivity index (χ1) is 6.97. The Balaban J connectivity index is 2.70. The van der Waals surface area contributed by atoms with Gasteiger partial charge in [0.25, 0.3) is 0 Å². The quantitative estimate of drug-likeness (QED) is 0.294. The maximum atomic E-state index is 10.3. The van der Waals surface area contributed by atoms with Gasteiger partial charge < -0.3 is 35.6 Å². The lowest BCUT2D eigenvalue weighted by molar-refractivity contribution is -0.252. The van der Waals surface area contributed by atoms with E-state index in [1.165, 1.54) is 0 Å². The zero-order valence-corrected chi connectivity index (χ0v) is 7.65. The fourth-order valence-electron chi connectivity index (χ4n) is 1.40. The van der Waals surface area contributed by atoms with Crippen molar-refractivity contribution in [2.45, 2.75) is 30.6 Å². The van der Waals surface area contributed by atoms with E-state index in [9.17, 15) is 20.1 Å². The molecule has 0 bridgehead atoms. The van der Waals surface area contributed by atoms with Crippen LogP contribution in [0.4, 0.5) is 4.79 Å². The van der Waals surface area contributed by atoms with Gasteiger partial charge in [-0.05, 0) is 0 Å². The van der Waals surface area contributed by atoms with E-state index in [1.807, 2.05) is 0 Å². The summed E-state index contributed by atoms with van der Waals surface area (Å²) >= 11 is 0. The van der Waals surface area contributed by atoms with Crippen molar-refractivity contribution in [1.29, 1.82) is 0 Å². The minimum absolute atomic E-state index is 0.588. The maximum absolute atomic E-state index is 10.3. The van der Waals surface area contributed by atoms with Gasteiger partial charge in [-0.25, -0.2) is 4.79 Å². The van der Waals surface area contributed by atoms with Gasteiger partial charge in [0.1, 0.15) is 24.4 Å². The minimum Gasteiger partial charge on any atom is -0.465 e. The molecule has 0 saturated carbocycles. The van der Waals surface area contributed by atoms with Crippen LogP contribution in [0.3, 0.4) is 0 Å². The Morgan fingerprint density at radius 3 is 2.33 bits per heavy atom. The lowest BCUT2D eigenvalue weighted by atomic mass is 9.97. The van der Waals surface area contributed by atoms with Gasteiger partial charge in [0, 0.05) is 0 Å². The molecule has 5 atom stereocenters. The molecule has 0 aromatic heterocycles. The summed E-state index contributed by atoms with van der Waals surface area (Å²) in [7, 11) is 0. The van der Waals surface area contributed by atoms with Crippen molar-refractivity contribution in [3.05, 3.63) is 0 Å². The first-order valence-corrected chi connectivity index (χ1v) is 4.27. The number of ether oxygens (including phenoxy) is 1. The second kappa shape index (κ2) is 4.73. The molecule has 1 aliphatic rings. The predicted molar refractivity (Wildman–Crippen MR) is 44.9 cm³/mol. The van der Waals surface area contributed by atoms with Gasteiger partial charge in [0.05, 0.1) is 6.61 Å². The summed E-state index contributed by atoms with van der Waals surface area (Å²) in [6.45, 7) is -0.588. The topological polar surface area (TPSA) is 139 Å². The van der Waals surface area contributed by atoms with E-state index >= 15 is 0 Å². The van der Waals surface area contributed by atoms with Crippen molar-refractivity contribution in [1.82, 2.24) is 5.32 Å². The van der Waals surface area contributed by atoms with E-state index in [1.54, 1.807) is 5.32 Å². The summed E-state index contributed by atoms with van der Waals surface area (Å²) in [5.74, 6) is 0. The molecule has 1 heterocycles. The third kappa shape index (κ3) is 2.55. The van der Waals surface area contributed by atoms with E-state index in [2.05, 4.69) is 0 Å². The summed E-state index contributed by atoms with van der Waals surface area (Å²) in [6.07, 6.45) is -7.22.